The molecule has 80 valence electrons. The maximum atomic E-state index is 11.2. The second-order valence-corrected chi connectivity index (χ2v) is 4.67. The van der Waals surface area contributed by atoms with Gasteiger partial charge < -0.3 is 9.47 Å². The van der Waals surface area contributed by atoms with Crippen molar-refractivity contribution in [2.24, 2.45) is 0 Å². The van der Waals surface area contributed by atoms with Gasteiger partial charge in [0.1, 0.15) is 12.4 Å². The Bertz CT molecular complexity index is 322. The van der Waals surface area contributed by atoms with Gasteiger partial charge in [-0.15, -0.1) is 0 Å². The fourth-order valence-corrected chi connectivity index (χ4v) is 1.92. The van der Waals surface area contributed by atoms with E-state index in [9.17, 15) is 4.79 Å². The van der Waals surface area contributed by atoms with Gasteiger partial charge in [-0.1, -0.05) is 18.2 Å². The van der Waals surface area contributed by atoms with Crippen LogP contribution in [0.5, 0.6) is 5.75 Å². The molecule has 1 aromatic carbocycles. The molecule has 4 heteroatoms. The number of ether oxygens (including phenoxy) is 2. The maximum Gasteiger partial charge on any atom is 0.513 e. The minimum absolute atomic E-state index is 0.455. The largest absolute Gasteiger partial charge is 0.513 e. The van der Waals surface area contributed by atoms with Crippen molar-refractivity contribution in [1.82, 2.24) is 0 Å². The third-order valence-electron chi connectivity index (χ3n) is 2.12. The number of thioether (sulfide) groups is 1. The lowest BCUT2D eigenvalue weighted by Gasteiger charge is -2.23. The number of carbonyl (C=O) groups is 1. The molecule has 1 saturated heterocycles. The Morgan fingerprint density at radius 2 is 2.13 bits per heavy atom. The monoisotopic (exact) mass is 224 g/mol. The van der Waals surface area contributed by atoms with Crippen molar-refractivity contribution in [2.45, 2.75) is 11.7 Å². The summed E-state index contributed by atoms with van der Waals surface area (Å²) < 4.78 is 9.93. The summed E-state index contributed by atoms with van der Waals surface area (Å²) in [4.78, 5) is 11.2. The first-order valence-electron chi connectivity index (χ1n) is 4.86. The SMILES string of the molecule is O=C(OCC1CCS1)Oc1ccccc1. The van der Waals surface area contributed by atoms with Crippen LogP contribution in [0.2, 0.25) is 0 Å². The molecule has 1 aromatic rings. The lowest BCUT2D eigenvalue weighted by atomic mass is 10.3. The zero-order chi connectivity index (χ0) is 10.5. The molecule has 15 heavy (non-hydrogen) atoms. The van der Waals surface area contributed by atoms with Crippen LogP contribution < -0.4 is 4.74 Å². The van der Waals surface area contributed by atoms with Crippen LogP contribution in [0.15, 0.2) is 30.3 Å². The molecule has 1 atom stereocenters. The summed E-state index contributed by atoms with van der Waals surface area (Å²) in [7, 11) is 0. The molecule has 0 bridgehead atoms. The highest BCUT2D eigenvalue weighted by atomic mass is 32.2. The summed E-state index contributed by atoms with van der Waals surface area (Å²) in [6.45, 7) is 0.455. The predicted molar refractivity (Wildman–Crippen MR) is 59.3 cm³/mol. The van der Waals surface area contributed by atoms with Gasteiger partial charge >= 0.3 is 6.16 Å². The molecule has 1 aliphatic rings. The fraction of sp³-hybridized carbons (Fsp3) is 0.364. The van der Waals surface area contributed by atoms with Gasteiger partial charge in [-0.25, -0.2) is 4.79 Å². The van der Waals surface area contributed by atoms with E-state index in [4.69, 9.17) is 9.47 Å². The van der Waals surface area contributed by atoms with E-state index in [1.807, 2.05) is 30.0 Å². The van der Waals surface area contributed by atoms with E-state index in [1.54, 1.807) is 12.1 Å². The van der Waals surface area contributed by atoms with E-state index in [0.717, 1.165) is 6.42 Å². The minimum atomic E-state index is -0.617. The molecule has 1 aliphatic heterocycles. The van der Waals surface area contributed by atoms with E-state index < -0.39 is 6.16 Å². The molecule has 0 amide bonds. The molecule has 0 aromatic heterocycles. The molecule has 2 rings (SSSR count). The molecule has 0 spiro atoms. The normalized spacial score (nSPS) is 19.1. The van der Waals surface area contributed by atoms with Crippen LogP contribution in [0.25, 0.3) is 0 Å². The number of hydrogen-bond donors (Lipinski definition) is 0. The zero-order valence-corrected chi connectivity index (χ0v) is 9.03. The summed E-state index contributed by atoms with van der Waals surface area (Å²) >= 11 is 1.82. The van der Waals surface area contributed by atoms with Crippen LogP contribution in [0.1, 0.15) is 6.42 Å². The molecule has 1 fully saturated rings. The van der Waals surface area contributed by atoms with Crippen molar-refractivity contribution in [3.05, 3.63) is 30.3 Å². The predicted octanol–water partition coefficient (Wildman–Crippen LogP) is 2.71. The van der Waals surface area contributed by atoms with Crippen molar-refractivity contribution >= 4 is 17.9 Å². The van der Waals surface area contributed by atoms with Gasteiger partial charge in [0.2, 0.25) is 0 Å². The van der Waals surface area contributed by atoms with Crippen molar-refractivity contribution in [1.29, 1.82) is 0 Å². The smallest absolute Gasteiger partial charge is 0.433 e. The second kappa shape index (κ2) is 5.07. The van der Waals surface area contributed by atoms with Gasteiger partial charge in [0.25, 0.3) is 0 Å². The molecular formula is C11H12O3S. The summed E-state index contributed by atoms with van der Waals surface area (Å²) in [6.07, 6.45) is 0.511. The first kappa shape index (κ1) is 10.4. The lowest BCUT2D eigenvalue weighted by molar-refractivity contribution is 0.0984. The van der Waals surface area contributed by atoms with Crippen LogP contribution in [-0.2, 0) is 4.74 Å². The number of para-hydroxylation sites is 1. The Kier molecular flexibility index (Phi) is 3.50. The zero-order valence-electron chi connectivity index (χ0n) is 8.22. The van der Waals surface area contributed by atoms with Gasteiger partial charge in [-0.2, -0.15) is 11.8 Å². The fourth-order valence-electron chi connectivity index (χ4n) is 1.19. The van der Waals surface area contributed by atoms with Gasteiger partial charge in [0, 0.05) is 5.25 Å². The number of benzene rings is 1. The Labute approximate surface area is 92.8 Å². The average molecular weight is 224 g/mol. The minimum Gasteiger partial charge on any atom is -0.433 e. The van der Waals surface area contributed by atoms with Crippen molar-refractivity contribution in [2.75, 3.05) is 12.4 Å². The molecule has 0 radical (unpaired) electrons. The van der Waals surface area contributed by atoms with Crippen LogP contribution in [-0.4, -0.2) is 23.8 Å². The highest BCUT2D eigenvalue weighted by Crippen LogP contribution is 2.27. The van der Waals surface area contributed by atoms with E-state index in [-0.39, 0.29) is 0 Å². The molecule has 3 nitrogen and oxygen atoms in total. The van der Waals surface area contributed by atoms with Gasteiger partial charge in [-0.05, 0) is 24.3 Å². The quantitative estimate of drug-likeness (QED) is 0.584. The van der Waals surface area contributed by atoms with Gasteiger partial charge in [-0.3, -0.25) is 0 Å². The van der Waals surface area contributed by atoms with E-state index in [2.05, 4.69) is 0 Å². The third-order valence-corrected chi connectivity index (χ3v) is 3.44. The Morgan fingerprint density at radius 3 is 2.73 bits per heavy atom. The van der Waals surface area contributed by atoms with Crippen molar-refractivity contribution in [3.8, 4) is 5.75 Å². The van der Waals surface area contributed by atoms with E-state index in [0.29, 0.717) is 17.6 Å². The number of hydrogen-bond acceptors (Lipinski definition) is 4. The van der Waals surface area contributed by atoms with E-state index in [1.165, 1.54) is 5.75 Å². The van der Waals surface area contributed by atoms with E-state index >= 15 is 0 Å². The van der Waals surface area contributed by atoms with Crippen LogP contribution in [0.4, 0.5) is 4.79 Å². The van der Waals surface area contributed by atoms with Gasteiger partial charge in [0.05, 0.1) is 0 Å². The Hall–Kier alpha value is -1.16. The molecule has 0 N–H and O–H groups in total. The highest BCUT2D eigenvalue weighted by molar-refractivity contribution is 8.01. The Balaban J connectivity index is 1.72. The molecular weight excluding hydrogens is 212 g/mol. The second-order valence-electron chi connectivity index (χ2n) is 3.26. The molecule has 0 saturated carbocycles. The van der Waals surface area contributed by atoms with Crippen molar-refractivity contribution in [3.63, 3.8) is 0 Å². The highest BCUT2D eigenvalue weighted by Gasteiger charge is 2.20. The third kappa shape index (κ3) is 3.16. The first-order chi connectivity index (χ1) is 7.34. The number of rotatable bonds is 3. The molecule has 1 heterocycles. The summed E-state index contributed by atoms with van der Waals surface area (Å²) in [5.74, 6) is 1.69. The standard InChI is InChI=1S/C11H12O3S/c12-11(13-8-10-6-7-15-10)14-9-4-2-1-3-5-9/h1-5,10H,6-8H2. The molecule has 1 unspecified atom stereocenters. The summed E-state index contributed by atoms with van der Waals surface area (Å²) in [6, 6.07) is 8.93. The summed E-state index contributed by atoms with van der Waals surface area (Å²) in [5, 5.41) is 0.466. The summed E-state index contributed by atoms with van der Waals surface area (Å²) in [5.41, 5.74) is 0. The van der Waals surface area contributed by atoms with Crippen LogP contribution in [0.3, 0.4) is 0 Å². The maximum absolute atomic E-state index is 11.2. The Morgan fingerprint density at radius 1 is 1.40 bits per heavy atom. The average Bonchev–Trinajstić information content (AvgIpc) is 2.17. The van der Waals surface area contributed by atoms with Crippen LogP contribution in [0, 0.1) is 0 Å². The first-order valence-corrected chi connectivity index (χ1v) is 5.91. The number of carbonyl (C=O) groups excluding carboxylic acids is 1. The van der Waals surface area contributed by atoms with Crippen molar-refractivity contribution < 1.29 is 14.3 Å². The van der Waals surface area contributed by atoms with Gasteiger partial charge in [0.15, 0.2) is 0 Å². The topological polar surface area (TPSA) is 35.5 Å². The lowest BCUT2D eigenvalue weighted by Crippen LogP contribution is -2.24. The molecule has 0 aliphatic carbocycles. The van der Waals surface area contributed by atoms with Crippen LogP contribution >= 0.6 is 11.8 Å².